The first kappa shape index (κ1) is 25.0. The molecule has 1 aliphatic rings. The number of nitrogens with one attached hydrogen (secondary N) is 1. The summed E-state index contributed by atoms with van der Waals surface area (Å²) in [5, 5.41) is 12.1. The van der Waals surface area contributed by atoms with Gasteiger partial charge in [-0.05, 0) is 46.5 Å². The zero-order valence-electron chi connectivity index (χ0n) is 20.8. The van der Waals surface area contributed by atoms with Crippen molar-refractivity contribution in [1.29, 1.82) is 0 Å². The van der Waals surface area contributed by atoms with Crippen LogP contribution in [0.3, 0.4) is 0 Å². The highest BCUT2D eigenvalue weighted by molar-refractivity contribution is 5.81. The van der Waals surface area contributed by atoms with Gasteiger partial charge in [0, 0.05) is 12.3 Å². The van der Waals surface area contributed by atoms with Gasteiger partial charge < -0.3 is 29.1 Å². The Hall–Kier alpha value is -4.72. The number of ether oxygens (including phenoxy) is 3. The summed E-state index contributed by atoms with van der Waals surface area (Å²) in [6.45, 7) is 0.231. The summed E-state index contributed by atoms with van der Waals surface area (Å²) in [6, 6.07) is 25.4. The number of carbonyl (C=O) groups excluding carboxylic acids is 1. The Labute approximate surface area is 219 Å². The number of alkyl carbamates (subject to hydrolysis) is 1. The number of rotatable bonds is 10. The first-order valence-corrected chi connectivity index (χ1v) is 12.2. The Kier molecular flexibility index (Phi) is 7.31. The van der Waals surface area contributed by atoms with Crippen molar-refractivity contribution < 1.29 is 33.3 Å². The summed E-state index contributed by atoms with van der Waals surface area (Å²) < 4.78 is 22.3. The van der Waals surface area contributed by atoms with E-state index in [0.29, 0.717) is 23.0 Å². The molecule has 0 saturated carbocycles. The molecule has 3 aromatic carbocycles. The molecule has 194 valence electrons. The van der Waals surface area contributed by atoms with E-state index >= 15 is 0 Å². The Morgan fingerprint density at radius 1 is 0.868 bits per heavy atom. The van der Waals surface area contributed by atoms with Gasteiger partial charge in [0.05, 0.1) is 7.11 Å². The Morgan fingerprint density at radius 2 is 1.47 bits per heavy atom. The van der Waals surface area contributed by atoms with Gasteiger partial charge in [0.1, 0.15) is 30.8 Å². The second-order valence-corrected chi connectivity index (χ2v) is 8.87. The van der Waals surface area contributed by atoms with Crippen LogP contribution in [0.2, 0.25) is 0 Å². The molecule has 5 rings (SSSR count). The van der Waals surface area contributed by atoms with Crippen molar-refractivity contribution in [3.63, 3.8) is 0 Å². The number of methoxy groups -OCH3 is 1. The molecule has 0 bridgehead atoms. The van der Waals surface area contributed by atoms with Gasteiger partial charge in [-0.3, -0.25) is 0 Å². The second-order valence-electron chi connectivity index (χ2n) is 8.87. The number of amides is 1. The molecule has 0 radical (unpaired) electrons. The summed E-state index contributed by atoms with van der Waals surface area (Å²) in [5.41, 5.74) is 4.39. The van der Waals surface area contributed by atoms with Crippen LogP contribution in [0.4, 0.5) is 4.79 Å². The summed E-state index contributed by atoms with van der Waals surface area (Å²) in [5.74, 6) is 0.756. The SMILES string of the molecule is COc1ccccc1OCc1ccc(CC(NC(=O)OCC2c3ccccc3-c3ccccc32)C(=O)O)o1. The van der Waals surface area contributed by atoms with Gasteiger partial charge in [0.25, 0.3) is 0 Å². The van der Waals surface area contributed by atoms with E-state index in [0.717, 1.165) is 22.3 Å². The largest absolute Gasteiger partial charge is 0.493 e. The predicted octanol–water partition coefficient (Wildman–Crippen LogP) is 5.40. The third kappa shape index (κ3) is 5.34. The molecule has 8 heteroatoms. The number of carboxylic acids is 1. The van der Waals surface area contributed by atoms with Crippen molar-refractivity contribution in [2.75, 3.05) is 13.7 Å². The molecule has 1 heterocycles. The number of fused-ring (bicyclic) bond motifs is 3. The Morgan fingerprint density at radius 3 is 2.13 bits per heavy atom. The van der Waals surface area contributed by atoms with Crippen LogP contribution in [-0.4, -0.2) is 36.9 Å². The van der Waals surface area contributed by atoms with E-state index in [4.69, 9.17) is 18.6 Å². The van der Waals surface area contributed by atoms with Crippen molar-refractivity contribution in [3.05, 3.63) is 108 Å². The Bertz CT molecular complexity index is 1400. The standard InChI is InChI=1S/C30H27NO7/c1-35-27-12-6-7-13-28(27)36-17-20-15-14-19(38-20)16-26(29(32)33)31-30(34)37-18-25-23-10-4-2-8-21(23)22-9-3-5-11-24(22)25/h2-15,25-26H,16-18H2,1H3,(H,31,34)(H,32,33). The van der Waals surface area contributed by atoms with Crippen LogP contribution in [0.1, 0.15) is 28.6 Å². The zero-order valence-corrected chi connectivity index (χ0v) is 20.8. The normalized spacial score (nSPS) is 12.8. The molecule has 0 saturated heterocycles. The molecule has 2 N–H and O–H groups in total. The number of hydrogen-bond donors (Lipinski definition) is 2. The molecule has 4 aromatic rings. The number of benzene rings is 3. The smallest absolute Gasteiger partial charge is 0.407 e. The lowest BCUT2D eigenvalue weighted by molar-refractivity contribution is -0.139. The van der Waals surface area contributed by atoms with Crippen molar-refractivity contribution in [2.24, 2.45) is 0 Å². The minimum Gasteiger partial charge on any atom is -0.493 e. The molecule has 1 atom stereocenters. The third-order valence-corrected chi connectivity index (χ3v) is 6.50. The minimum atomic E-state index is -1.22. The van der Waals surface area contributed by atoms with E-state index in [-0.39, 0.29) is 25.6 Å². The van der Waals surface area contributed by atoms with Gasteiger partial charge in [-0.2, -0.15) is 0 Å². The molecule has 1 aromatic heterocycles. The highest BCUT2D eigenvalue weighted by Crippen LogP contribution is 2.44. The first-order chi connectivity index (χ1) is 18.5. The monoisotopic (exact) mass is 513 g/mol. The van der Waals surface area contributed by atoms with Gasteiger partial charge in [0.15, 0.2) is 11.5 Å². The summed E-state index contributed by atoms with van der Waals surface area (Å²) in [6.07, 6.45) is -0.848. The summed E-state index contributed by atoms with van der Waals surface area (Å²) in [4.78, 5) is 24.5. The number of carbonyl (C=O) groups is 2. The van der Waals surface area contributed by atoms with Crippen molar-refractivity contribution >= 4 is 12.1 Å². The molecule has 38 heavy (non-hydrogen) atoms. The van der Waals surface area contributed by atoms with Crippen molar-refractivity contribution in [1.82, 2.24) is 5.32 Å². The van der Waals surface area contributed by atoms with Crippen LogP contribution in [0.5, 0.6) is 11.5 Å². The molecular weight excluding hydrogens is 486 g/mol. The average molecular weight is 514 g/mol. The van der Waals surface area contributed by atoms with E-state index in [1.807, 2.05) is 60.7 Å². The van der Waals surface area contributed by atoms with Crippen LogP contribution in [-0.2, 0) is 22.6 Å². The fraction of sp³-hybridized carbons (Fsp3) is 0.200. The van der Waals surface area contributed by atoms with Crippen LogP contribution >= 0.6 is 0 Å². The van der Waals surface area contributed by atoms with E-state index in [1.165, 1.54) is 0 Å². The molecule has 1 aliphatic carbocycles. The fourth-order valence-corrected chi connectivity index (χ4v) is 4.68. The Balaban J connectivity index is 1.18. The van der Waals surface area contributed by atoms with Crippen LogP contribution in [0, 0.1) is 0 Å². The zero-order chi connectivity index (χ0) is 26.5. The van der Waals surface area contributed by atoms with Gasteiger partial charge >= 0.3 is 12.1 Å². The minimum absolute atomic E-state index is 0.0474. The molecule has 0 fully saturated rings. The summed E-state index contributed by atoms with van der Waals surface area (Å²) in [7, 11) is 1.56. The lowest BCUT2D eigenvalue weighted by Crippen LogP contribution is -2.42. The number of hydrogen-bond acceptors (Lipinski definition) is 6. The topological polar surface area (TPSA) is 107 Å². The molecule has 8 nitrogen and oxygen atoms in total. The molecular formula is C30H27NO7. The lowest BCUT2D eigenvalue weighted by atomic mass is 9.98. The lowest BCUT2D eigenvalue weighted by Gasteiger charge is -2.17. The van der Waals surface area contributed by atoms with Gasteiger partial charge in [-0.1, -0.05) is 60.7 Å². The van der Waals surface area contributed by atoms with Crippen molar-refractivity contribution in [2.45, 2.75) is 25.0 Å². The molecule has 0 aliphatic heterocycles. The average Bonchev–Trinajstić information content (AvgIpc) is 3.52. The van der Waals surface area contributed by atoms with Crippen LogP contribution in [0.25, 0.3) is 11.1 Å². The van der Waals surface area contributed by atoms with E-state index in [2.05, 4.69) is 5.32 Å². The maximum atomic E-state index is 12.6. The second kappa shape index (κ2) is 11.1. The number of carboxylic acid groups (broad SMARTS) is 1. The van der Waals surface area contributed by atoms with Gasteiger partial charge in [-0.25, -0.2) is 9.59 Å². The number of para-hydroxylation sites is 2. The number of aliphatic carboxylic acids is 1. The van der Waals surface area contributed by atoms with Crippen LogP contribution in [0.15, 0.2) is 89.3 Å². The summed E-state index contributed by atoms with van der Waals surface area (Å²) >= 11 is 0. The highest BCUT2D eigenvalue weighted by atomic mass is 16.5. The maximum absolute atomic E-state index is 12.6. The van der Waals surface area contributed by atoms with Crippen LogP contribution < -0.4 is 14.8 Å². The van der Waals surface area contributed by atoms with E-state index in [1.54, 1.807) is 31.4 Å². The maximum Gasteiger partial charge on any atom is 0.407 e. The van der Waals surface area contributed by atoms with E-state index in [9.17, 15) is 14.7 Å². The fourth-order valence-electron chi connectivity index (χ4n) is 4.68. The van der Waals surface area contributed by atoms with E-state index < -0.39 is 18.1 Å². The van der Waals surface area contributed by atoms with Gasteiger partial charge in [-0.15, -0.1) is 0 Å². The quantitative estimate of drug-likeness (QED) is 0.292. The molecule has 1 unspecified atom stereocenters. The molecule has 1 amide bonds. The number of furan rings is 1. The van der Waals surface area contributed by atoms with Gasteiger partial charge in [0.2, 0.25) is 0 Å². The predicted molar refractivity (Wildman–Crippen MR) is 139 cm³/mol. The molecule has 0 spiro atoms. The first-order valence-electron chi connectivity index (χ1n) is 12.2. The van der Waals surface area contributed by atoms with Crippen molar-refractivity contribution in [3.8, 4) is 22.6 Å². The third-order valence-electron chi connectivity index (χ3n) is 6.50. The highest BCUT2D eigenvalue weighted by Gasteiger charge is 2.30.